The van der Waals surface area contributed by atoms with E-state index in [0.29, 0.717) is 12.8 Å². The zero-order chi connectivity index (χ0) is 16.4. The first-order chi connectivity index (χ1) is 9.92. The molecule has 0 amide bonds. The summed E-state index contributed by atoms with van der Waals surface area (Å²) in [7, 11) is 0. The smallest absolute Gasteiger partial charge is 0.336 e. The normalized spacial score (nSPS) is 12.7. The molecule has 1 unspecified atom stereocenters. The van der Waals surface area contributed by atoms with Gasteiger partial charge in [0.1, 0.15) is 0 Å². The van der Waals surface area contributed by atoms with Crippen molar-refractivity contribution in [2.24, 2.45) is 5.92 Å². The molecule has 4 N–H and O–H groups in total. The van der Waals surface area contributed by atoms with Gasteiger partial charge in [0.15, 0.2) is 6.79 Å². The quantitative estimate of drug-likeness (QED) is 0.272. The molecule has 0 rings (SSSR count). The monoisotopic (exact) mass is 302 g/mol. The first-order valence-electron chi connectivity index (χ1n) is 6.56. The number of hydrogen-bond donors (Lipinski definition) is 4. The van der Waals surface area contributed by atoms with Crippen molar-refractivity contribution in [3.8, 4) is 0 Å². The lowest BCUT2D eigenvalue weighted by atomic mass is 9.89. The predicted molar refractivity (Wildman–Crippen MR) is 74.2 cm³/mol. The molecule has 0 aliphatic rings. The van der Waals surface area contributed by atoms with Crippen molar-refractivity contribution in [3.05, 3.63) is 22.8 Å². The molecule has 0 radical (unpaired) electrons. The van der Waals surface area contributed by atoms with Crippen LogP contribution < -0.4 is 0 Å². The van der Waals surface area contributed by atoms with Gasteiger partial charge in [-0.15, -0.1) is 0 Å². The summed E-state index contributed by atoms with van der Waals surface area (Å²) in [5.74, 6) is -2.64. The van der Waals surface area contributed by atoms with Crippen LogP contribution in [0.2, 0.25) is 0 Å². The zero-order valence-corrected chi connectivity index (χ0v) is 12.2. The third-order valence-corrected chi connectivity index (χ3v) is 2.94. The summed E-state index contributed by atoms with van der Waals surface area (Å²) in [4.78, 5) is 22.9. The number of ether oxygens (including phenoxy) is 1. The molecule has 7 nitrogen and oxygen atoms in total. The molecule has 0 aliphatic carbocycles. The minimum atomic E-state index is -1.12. The fraction of sp³-hybridized carbons (Fsp3) is 0.571. The van der Waals surface area contributed by atoms with Crippen LogP contribution in [0.5, 0.6) is 0 Å². The second-order valence-electron chi connectivity index (χ2n) is 4.44. The molecule has 0 saturated heterocycles. The average Bonchev–Trinajstić information content (AvgIpc) is 2.44. The number of rotatable bonds is 9. The van der Waals surface area contributed by atoms with Gasteiger partial charge in [0.25, 0.3) is 0 Å². The average molecular weight is 302 g/mol. The summed E-state index contributed by atoms with van der Waals surface area (Å²) in [5.41, 5.74) is 0.0656. The molecular formula is C14H22O7. The van der Waals surface area contributed by atoms with Gasteiger partial charge >= 0.3 is 11.9 Å². The van der Waals surface area contributed by atoms with E-state index in [1.807, 2.05) is 6.92 Å². The minimum absolute atomic E-state index is 0.0171. The minimum Gasteiger partial charge on any atom is -0.478 e. The summed E-state index contributed by atoms with van der Waals surface area (Å²) in [6, 6.07) is 0. The van der Waals surface area contributed by atoms with E-state index in [0.717, 1.165) is 0 Å². The molecule has 1 atom stereocenters. The first-order valence-corrected chi connectivity index (χ1v) is 6.56. The highest BCUT2D eigenvalue weighted by molar-refractivity contribution is 5.91. The largest absolute Gasteiger partial charge is 0.478 e. The number of allylic oxidation sites excluding steroid dienone is 1. The molecule has 21 heavy (non-hydrogen) atoms. The van der Waals surface area contributed by atoms with Gasteiger partial charge in [0.05, 0.1) is 13.2 Å². The Morgan fingerprint density at radius 1 is 1.19 bits per heavy atom. The van der Waals surface area contributed by atoms with Crippen LogP contribution in [0, 0.1) is 5.92 Å². The molecule has 0 aromatic rings. The summed E-state index contributed by atoms with van der Waals surface area (Å²) < 4.78 is 4.52. The summed E-state index contributed by atoms with van der Waals surface area (Å²) in [6.45, 7) is 1.27. The van der Waals surface area contributed by atoms with E-state index >= 15 is 0 Å². The zero-order valence-electron chi connectivity index (χ0n) is 12.2. The van der Waals surface area contributed by atoms with Crippen molar-refractivity contribution in [2.45, 2.75) is 26.7 Å². The molecule has 0 saturated carbocycles. The number of carboxylic acids is 1. The van der Waals surface area contributed by atoms with E-state index in [1.54, 1.807) is 0 Å². The van der Waals surface area contributed by atoms with Gasteiger partial charge in [-0.3, -0.25) is 0 Å². The molecule has 0 aromatic carbocycles. The van der Waals surface area contributed by atoms with E-state index in [4.69, 9.17) is 10.2 Å². The fourth-order valence-corrected chi connectivity index (χ4v) is 1.91. The Kier molecular flexibility index (Phi) is 9.27. The SMILES string of the molecule is CCCC(C=C(C)C(=O)O)C(C(=O)OCO)=C(CO)CO. The maximum Gasteiger partial charge on any atom is 0.336 e. The van der Waals surface area contributed by atoms with Crippen molar-refractivity contribution in [2.75, 3.05) is 20.0 Å². The van der Waals surface area contributed by atoms with Crippen LogP contribution in [0.1, 0.15) is 26.7 Å². The van der Waals surface area contributed by atoms with E-state index in [-0.39, 0.29) is 16.7 Å². The second kappa shape index (κ2) is 10.1. The number of aliphatic hydroxyl groups is 3. The Bertz CT molecular complexity index is 417. The van der Waals surface area contributed by atoms with Crippen LogP contribution in [0.4, 0.5) is 0 Å². The molecule has 0 bridgehead atoms. The number of hydrogen-bond acceptors (Lipinski definition) is 6. The summed E-state index contributed by atoms with van der Waals surface area (Å²) in [6.07, 6.45) is 2.46. The van der Waals surface area contributed by atoms with E-state index in [2.05, 4.69) is 4.74 Å². The number of aliphatic carboxylic acids is 1. The van der Waals surface area contributed by atoms with Crippen molar-refractivity contribution < 1.29 is 34.8 Å². The molecule has 0 spiro atoms. The van der Waals surface area contributed by atoms with Gasteiger partial charge in [-0.2, -0.15) is 0 Å². The van der Waals surface area contributed by atoms with Crippen LogP contribution in [-0.2, 0) is 14.3 Å². The summed E-state index contributed by atoms with van der Waals surface area (Å²) >= 11 is 0. The Hall–Kier alpha value is -1.70. The molecule has 120 valence electrons. The number of carbonyl (C=O) groups excluding carboxylic acids is 1. The highest BCUT2D eigenvalue weighted by Gasteiger charge is 2.24. The highest BCUT2D eigenvalue weighted by atomic mass is 16.6. The van der Waals surface area contributed by atoms with E-state index in [1.165, 1.54) is 13.0 Å². The van der Waals surface area contributed by atoms with Gasteiger partial charge in [0.2, 0.25) is 0 Å². The number of carboxylic acid groups (broad SMARTS) is 1. The molecular weight excluding hydrogens is 280 g/mol. The molecule has 0 heterocycles. The van der Waals surface area contributed by atoms with Gasteiger partial charge < -0.3 is 25.2 Å². The molecule has 0 aliphatic heterocycles. The van der Waals surface area contributed by atoms with E-state index in [9.17, 15) is 19.8 Å². The Morgan fingerprint density at radius 3 is 2.14 bits per heavy atom. The van der Waals surface area contributed by atoms with Crippen LogP contribution in [-0.4, -0.2) is 52.4 Å². The maximum atomic E-state index is 11.9. The maximum absolute atomic E-state index is 11.9. The lowest BCUT2D eigenvalue weighted by molar-refractivity contribution is -0.147. The van der Waals surface area contributed by atoms with Gasteiger partial charge in [-0.05, 0) is 18.9 Å². The van der Waals surface area contributed by atoms with Crippen LogP contribution in [0.15, 0.2) is 22.8 Å². The van der Waals surface area contributed by atoms with Crippen molar-refractivity contribution in [1.82, 2.24) is 0 Å². The third-order valence-electron chi connectivity index (χ3n) is 2.94. The molecule has 0 fully saturated rings. The number of carbonyl (C=O) groups is 2. The Balaban J connectivity index is 5.81. The topological polar surface area (TPSA) is 124 Å². The van der Waals surface area contributed by atoms with Gasteiger partial charge in [-0.25, -0.2) is 9.59 Å². The third kappa shape index (κ3) is 6.07. The standard InChI is InChI=1S/C14H22O7/c1-3-4-10(5-9(2)13(18)19)12(11(6-15)7-16)14(20)21-8-17/h5,10,15-17H,3-4,6-8H2,1-2H3,(H,18,19). The molecule has 7 heteroatoms. The molecule has 0 aromatic heterocycles. The fourth-order valence-electron chi connectivity index (χ4n) is 1.91. The lowest BCUT2D eigenvalue weighted by Gasteiger charge is -2.19. The van der Waals surface area contributed by atoms with Crippen molar-refractivity contribution >= 4 is 11.9 Å². The van der Waals surface area contributed by atoms with Gasteiger partial charge in [0, 0.05) is 17.1 Å². The van der Waals surface area contributed by atoms with Crippen LogP contribution >= 0.6 is 0 Å². The number of esters is 1. The number of aliphatic hydroxyl groups excluding tert-OH is 3. The highest BCUT2D eigenvalue weighted by Crippen LogP contribution is 2.25. The summed E-state index contributed by atoms with van der Waals surface area (Å²) in [5, 5.41) is 36.1. The first kappa shape index (κ1) is 19.3. The van der Waals surface area contributed by atoms with Crippen molar-refractivity contribution in [3.63, 3.8) is 0 Å². The second-order valence-corrected chi connectivity index (χ2v) is 4.44. The Labute approximate surface area is 123 Å². The van der Waals surface area contributed by atoms with Crippen LogP contribution in [0.25, 0.3) is 0 Å². The lowest BCUT2D eigenvalue weighted by Crippen LogP contribution is -2.21. The predicted octanol–water partition coefficient (Wildman–Crippen LogP) is 0.208. The van der Waals surface area contributed by atoms with E-state index < -0.39 is 37.9 Å². The van der Waals surface area contributed by atoms with Crippen molar-refractivity contribution in [1.29, 1.82) is 0 Å². The van der Waals surface area contributed by atoms with Gasteiger partial charge in [-0.1, -0.05) is 19.4 Å². The van der Waals surface area contributed by atoms with Crippen LogP contribution in [0.3, 0.4) is 0 Å². The Morgan fingerprint density at radius 2 is 1.76 bits per heavy atom.